The van der Waals surface area contributed by atoms with Crippen LogP contribution >= 0.6 is 12.4 Å². The van der Waals surface area contributed by atoms with Gasteiger partial charge in [-0.25, -0.2) is 4.99 Å². The van der Waals surface area contributed by atoms with Gasteiger partial charge in [0.15, 0.2) is 0 Å². The fourth-order valence-electron chi connectivity index (χ4n) is 1.59. The zero-order chi connectivity index (χ0) is 14.4. The third kappa shape index (κ3) is 4.62. The summed E-state index contributed by atoms with van der Waals surface area (Å²) in [5.74, 6) is -0.593. The van der Waals surface area contributed by atoms with Crippen LogP contribution in [0.1, 0.15) is 13.3 Å². The Morgan fingerprint density at radius 1 is 1.30 bits per heavy atom. The van der Waals surface area contributed by atoms with Crippen molar-refractivity contribution in [1.29, 1.82) is 0 Å². The molecule has 1 aromatic rings. The third-order valence-electron chi connectivity index (χ3n) is 2.66. The molecule has 0 fully saturated rings. The van der Waals surface area contributed by atoms with Gasteiger partial charge in [0.2, 0.25) is 0 Å². The lowest BCUT2D eigenvalue weighted by Crippen LogP contribution is -2.29. The summed E-state index contributed by atoms with van der Waals surface area (Å²) in [6.07, 6.45) is 0.381. The second-order valence-electron chi connectivity index (χ2n) is 3.91. The number of aliphatic imine (C=N–C) groups is 1. The van der Waals surface area contributed by atoms with Gasteiger partial charge in [-0.15, -0.1) is 12.4 Å². The summed E-state index contributed by atoms with van der Waals surface area (Å²) in [6.45, 7) is 1.74. The number of carbonyl (C=O) groups is 1. The molecule has 0 aromatic heterocycles. The molecule has 1 rings (SSSR count). The van der Waals surface area contributed by atoms with Crippen molar-refractivity contribution in [2.24, 2.45) is 16.6 Å². The van der Waals surface area contributed by atoms with E-state index in [-0.39, 0.29) is 18.2 Å². The van der Waals surface area contributed by atoms with Crippen LogP contribution in [-0.2, 0) is 4.79 Å². The second-order valence-corrected chi connectivity index (χ2v) is 3.91. The van der Waals surface area contributed by atoms with Crippen molar-refractivity contribution in [2.45, 2.75) is 13.3 Å². The zero-order valence-corrected chi connectivity index (χ0v) is 12.4. The Bertz CT molecular complexity index is 469. The number of rotatable bonds is 6. The maximum atomic E-state index is 11.0. The molecular formula is C13H19ClN2O4. The number of carboxylic acids is 1. The maximum Gasteiger partial charge on any atom is 0.314 e. The van der Waals surface area contributed by atoms with Gasteiger partial charge in [0.05, 0.1) is 19.9 Å². The predicted molar refractivity (Wildman–Crippen MR) is 79.5 cm³/mol. The molecule has 0 aliphatic carbocycles. The summed E-state index contributed by atoms with van der Waals surface area (Å²) in [5, 5.41) is 9.01. The number of benzene rings is 1. The molecule has 0 radical (unpaired) electrons. The molecular weight excluding hydrogens is 284 g/mol. The van der Waals surface area contributed by atoms with Gasteiger partial charge in [-0.3, -0.25) is 4.79 Å². The third-order valence-corrected chi connectivity index (χ3v) is 2.66. The van der Waals surface area contributed by atoms with Crippen molar-refractivity contribution in [3.05, 3.63) is 18.2 Å². The fourth-order valence-corrected chi connectivity index (χ4v) is 1.59. The topological polar surface area (TPSA) is 94.1 Å². The minimum atomic E-state index is -0.987. The lowest BCUT2D eigenvalue weighted by molar-refractivity contribution is -0.139. The number of carboxylic acid groups (broad SMARTS) is 1. The maximum absolute atomic E-state index is 11.0. The molecule has 6 nitrogen and oxygen atoms in total. The van der Waals surface area contributed by atoms with Crippen LogP contribution in [0.5, 0.6) is 11.5 Å². The first-order chi connectivity index (χ1) is 9.01. The highest BCUT2D eigenvalue weighted by Gasteiger charge is 2.19. The van der Waals surface area contributed by atoms with E-state index in [1.54, 1.807) is 25.1 Å². The largest absolute Gasteiger partial charge is 0.497 e. The molecule has 1 atom stereocenters. The van der Waals surface area contributed by atoms with Crippen LogP contribution in [0.15, 0.2) is 23.2 Å². The summed E-state index contributed by atoms with van der Waals surface area (Å²) in [7, 11) is 3.05. The zero-order valence-electron chi connectivity index (χ0n) is 11.6. The van der Waals surface area contributed by atoms with Gasteiger partial charge in [-0.1, -0.05) is 6.92 Å². The standard InChI is InChI=1S/C13H18N2O4.ClH/c1-4-11(13(16)17)12(14)15-8-5-9(18-2)7-10(6-8)19-3;/h5-7,11H,4H2,1-3H3,(H2,14,15)(H,16,17);1H. The van der Waals surface area contributed by atoms with Gasteiger partial charge in [-0.05, 0) is 6.42 Å². The highest BCUT2D eigenvalue weighted by molar-refractivity contribution is 6.00. The number of nitrogens with zero attached hydrogens (tertiary/aromatic N) is 1. The Labute approximate surface area is 124 Å². The summed E-state index contributed by atoms with van der Waals surface area (Å²) in [6, 6.07) is 5.01. The number of methoxy groups -OCH3 is 2. The molecule has 0 saturated heterocycles. The van der Waals surface area contributed by atoms with Crippen LogP contribution < -0.4 is 15.2 Å². The Kier molecular flexibility index (Phi) is 7.46. The van der Waals surface area contributed by atoms with E-state index in [1.807, 2.05) is 0 Å². The van der Waals surface area contributed by atoms with E-state index < -0.39 is 11.9 Å². The van der Waals surface area contributed by atoms with Gasteiger partial charge in [-0.2, -0.15) is 0 Å². The average Bonchev–Trinajstić information content (AvgIpc) is 2.38. The minimum absolute atomic E-state index is 0. The molecule has 0 aliphatic heterocycles. The van der Waals surface area contributed by atoms with E-state index in [9.17, 15) is 4.79 Å². The number of aliphatic carboxylic acids is 1. The van der Waals surface area contributed by atoms with Crippen LogP contribution in [0.4, 0.5) is 5.69 Å². The normalized spacial score (nSPS) is 12.2. The number of amidine groups is 1. The van der Waals surface area contributed by atoms with E-state index in [0.717, 1.165) is 0 Å². The highest BCUT2D eigenvalue weighted by Crippen LogP contribution is 2.28. The highest BCUT2D eigenvalue weighted by atomic mass is 35.5. The van der Waals surface area contributed by atoms with Crippen LogP contribution in [0, 0.1) is 5.92 Å². The molecule has 112 valence electrons. The first-order valence-electron chi connectivity index (χ1n) is 5.81. The Morgan fingerprint density at radius 2 is 1.80 bits per heavy atom. The lowest BCUT2D eigenvalue weighted by Gasteiger charge is -2.10. The molecule has 3 N–H and O–H groups in total. The lowest BCUT2D eigenvalue weighted by atomic mass is 10.1. The smallest absolute Gasteiger partial charge is 0.314 e. The number of halogens is 1. The summed E-state index contributed by atoms with van der Waals surface area (Å²) < 4.78 is 10.2. The van der Waals surface area contributed by atoms with E-state index in [1.165, 1.54) is 14.2 Å². The van der Waals surface area contributed by atoms with E-state index in [2.05, 4.69) is 4.99 Å². The van der Waals surface area contributed by atoms with Gasteiger partial charge < -0.3 is 20.3 Å². The fraction of sp³-hybridized carbons (Fsp3) is 0.385. The summed E-state index contributed by atoms with van der Waals surface area (Å²) in [4.78, 5) is 15.1. The van der Waals surface area contributed by atoms with E-state index in [4.69, 9.17) is 20.3 Å². The van der Waals surface area contributed by atoms with E-state index in [0.29, 0.717) is 23.6 Å². The van der Waals surface area contributed by atoms with Crippen molar-refractivity contribution in [3.63, 3.8) is 0 Å². The van der Waals surface area contributed by atoms with Gasteiger partial charge in [0, 0.05) is 18.2 Å². The first-order valence-corrected chi connectivity index (χ1v) is 5.81. The van der Waals surface area contributed by atoms with E-state index >= 15 is 0 Å². The monoisotopic (exact) mass is 302 g/mol. The van der Waals surface area contributed by atoms with Crippen molar-refractivity contribution < 1.29 is 19.4 Å². The van der Waals surface area contributed by atoms with Crippen LogP contribution in [-0.4, -0.2) is 31.1 Å². The number of hydrogen-bond donors (Lipinski definition) is 2. The molecule has 1 unspecified atom stereocenters. The van der Waals surface area contributed by atoms with Gasteiger partial charge >= 0.3 is 5.97 Å². The Hall–Kier alpha value is -1.95. The van der Waals surface area contributed by atoms with Crippen molar-refractivity contribution in [3.8, 4) is 11.5 Å². The van der Waals surface area contributed by atoms with Crippen molar-refractivity contribution in [1.82, 2.24) is 0 Å². The van der Waals surface area contributed by atoms with Crippen LogP contribution in [0.25, 0.3) is 0 Å². The molecule has 0 heterocycles. The molecule has 0 bridgehead atoms. The molecule has 1 aromatic carbocycles. The number of hydrogen-bond acceptors (Lipinski definition) is 4. The van der Waals surface area contributed by atoms with Gasteiger partial charge in [0.1, 0.15) is 23.3 Å². The Morgan fingerprint density at radius 3 is 2.15 bits per heavy atom. The van der Waals surface area contributed by atoms with Crippen LogP contribution in [0.3, 0.4) is 0 Å². The van der Waals surface area contributed by atoms with Crippen LogP contribution in [0.2, 0.25) is 0 Å². The number of nitrogens with two attached hydrogens (primary N) is 1. The van der Waals surface area contributed by atoms with Gasteiger partial charge in [0.25, 0.3) is 0 Å². The summed E-state index contributed by atoms with van der Waals surface area (Å²) in [5.41, 5.74) is 6.23. The molecule has 0 aliphatic rings. The average molecular weight is 303 g/mol. The second kappa shape index (κ2) is 8.27. The minimum Gasteiger partial charge on any atom is -0.497 e. The quantitative estimate of drug-likeness (QED) is 0.620. The predicted octanol–water partition coefficient (Wildman–Crippen LogP) is 2.23. The number of ether oxygens (including phenoxy) is 2. The van der Waals surface area contributed by atoms with Crippen molar-refractivity contribution >= 4 is 29.9 Å². The molecule has 0 amide bonds. The first kappa shape index (κ1) is 18.0. The molecule has 20 heavy (non-hydrogen) atoms. The summed E-state index contributed by atoms with van der Waals surface area (Å²) >= 11 is 0. The molecule has 0 saturated carbocycles. The molecule has 7 heteroatoms. The molecule has 0 spiro atoms. The SMILES string of the molecule is CCC(C(=O)O)C(N)=Nc1cc(OC)cc(OC)c1.Cl. The Balaban J connectivity index is 0.00000361. The van der Waals surface area contributed by atoms with Crippen molar-refractivity contribution in [2.75, 3.05) is 14.2 Å².